The monoisotopic (exact) mass is 207 g/mol. The van der Waals surface area contributed by atoms with Crippen LogP contribution in [0.2, 0.25) is 0 Å². The summed E-state index contributed by atoms with van der Waals surface area (Å²) in [5, 5.41) is 3.35. The van der Waals surface area contributed by atoms with E-state index in [0.717, 1.165) is 12.2 Å². The first-order valence-electron chi connectivity index (χ1n) is 5.63. The lowest BCUT2D eigenvalue weighted by atomic mass is 10.0. The van der Waals surface area contributed by atoms with Crippen LogP contribution in [0.1, 0.15) is 37.8 Å². The van der Waals surface area contributed by atoms with E-state index in [1.165, 1.54) is 18.4 Å². The first kappa shape index (κ1) is 12.1. The molecule has 0 fully saturated rings. The molecule has 1 rings (SSSR count). The fraction of sp³-hybridized carbons (Fsp3) is 0.538. The Labute approximate surface area is 92.6 Å². The Balaban J connectivity index is 2.80. The molecule has 2 nitrogen and oxygen atoms in total. The number of benzene rings is 1. The number of nitrogens with one attached hydrogen (secondary N) is 1. The summed E-state index contributed by atoms with van der Waals surface area (Å²) < 4.78 is 5.37. The molecule has 0 radical (unpaired) electrons. The van der Waals surface area contributed by atoms with Crippen LogP contribution in [0.15, 0.2) is 24.3 Å². The summed E-state index contributed by atoms with van der Waals surface area (Å²) in [7, 11) is 3.73. The van der Waals surface area contributed by atoms with E-state index in [1.807, 2.05) is 19.2 Å². The largest absolute Gasteiger partial charge is 0.496 e. The van der Waals surface area contributed by atoms with Crippen molar-refractivity contribution in [1.82, 2.24) is 5.32 Å². The molecule has 0 aliphatic carbocycles. The van der Waals surface area contributed by atoms with Gasteiger partial charge < -0.3 is 10.1 Å². The van der Waals surface area contributed by atoms with Crippen molar-refractivity contribution in [3.05, 3.63) is 29.8 Å². The van der Waals surface area contributed by atoms with E-state index in [9.17, 15) is 0 Å². The summed E-state index contributed by atoms with van der Waals surface area (Å²) in [6.07, 6.45) is 3.63. The Morgan fingerprint density at radius 2 is 2.07 bits per heavy atom. The van der Waals surface area contributed by atoms with Gasteiger partial charge in [-0.2, -0.15) is 0 Å². The van der Waals surface area contributed by atoms with Crippen LogP contribution in [0.4, 0.5) is 0 Å². The van der Waals surface area contributed by atoms with Gasteiger partial charge in [0.25, 0.3) is 0 Å². The zero-order valence-electron chi connectivity index (χ0n) is 9.92. The van der Waals surface area contributed by atoms with Gasteiger partial charge in [0.2, 0.25) is 0 Å². The van der Waals surface area contributed by atoms with Crippen molar-refractivity contribution >= 4 is 0 Å². The predicted molar refractivity (Wildman–Crippen MR) is 64.3 cm³/mol. The highest BCUT2D eigenvalue weighted by atomic mass is 16.5. The summed E-state index contributed by atoms with van der Waals surface area (Å²) >= 11 is 0. The molecule has 2 heteroatoms. The zero-order chi connectivity index (χ0) is 11.1. The third-order valence-corrected chi connectivity index (χ3v) is 2.71. The molecule has 0 saturated heterocycles. The van der Waals surface area contributed by atoms with Crippen LogP contribution < -0.4 is 10.1 Å². The average Bonchev–Trinajstić information content (AvgIpc) is 2.30. The highest BCUT2D eigenvalue weighted by molar-refractivity contribution is 5.35. The topological polar surface area (TPSA) is 21.3 Å². The molecule has 0 aromatic heterocycles. The van der Waals surface area contributed by atoms with E-state index in [-0.39, 0.29) is 0 Å². The van der Waals surface area contributed by atoms with Crippen molar-refractivity contribution in [2.75, 3.05) is 14.2 Å². The molecule has 15 heavy (non-hydrogen) atoms. The maximum Gasteiger partial charge on any atom is 0.123 e. The molecule has 1 atom stereocenters. The third-order valence-electron chi connectivity index (χ3n) is 2.71. The number of rotatable bonds is 6. The Morgan fingerprint density at radius 3 is 2.67 bits per heavy atom. The highest BCUT2D eigenvalue weighted by Gasteiger charge is 2.12. The summed E-state index contributed by atoms with van der Waals surface area (Å²) in [4.78, 5) is 0. The highest BCUT2D eigenvalue weighted by Crippen LogP contribution is 2.27. The first-order chi connectivity index (χ1) is 7.33. The number of ether oxygens (including phenoxy) is 1. The van der Waals surface area contributed by atoms with Crippen LogP contribution in [0.3, 0.4) is 0 Å². The van der Waals surface area contributed by atoms with Crippen molar-refractivity contribution in [3.8, 4) is 5.75 Å². The van der Waals surface area contributed by atoms with Crippen molar-refractivity contribution in [3.63, 3.8) is 0 Å². The van der Waals surface area contributed by atoms with Gasteiger partial charge in [0.1, 0.15) is 5.75 Å². The van der Waals surface area contributed by atoms with E-state index in [2.05, 4.69) is 24.4 Å². The minimum atomic E-state index is 0.404. The predicted octanol–water partition coefficient (Wildman–Crippen LogP) is 3.15. The Hall–Kier alpha value is -1.02. The molecule has 0 heterocycles. The van der Waals surface area contributed by atoms with Crippen LogP contribution in [0, 0.1) is 0 Å². The van der Waals surface area contributed by atoms with Gasteiger partial charge in [0, 0.05) is 11.6 Å². The van der Waals surface area contributed by atoms with Gasteiger partial charge in [-0.05, 0) is 19.5 Å². The average molecular weight is 207 g/mol. The molecular formula is C13H21NO. The van der Waals surface area contributed by atoms with Gasteiger partial charge >= 0.3 is 0 Å². The van der Waals surface area contributed by atoms with Gasteiger partial charge in [-0.3, -0.25) is 0 Å². The second-order valence-corrected chi connectivity index (χ2v) is 3.73. The Morgan fingerprint density at radius 1 is 1.33 bits per heavy atom. The fourth-order valence-corrected chi connectivity index (χ4v) is 1.82. The second kappa shape index (κ2) is 6.46. The summed E-state index contributed by atoms with van der Waals surface area (Å²) in [6.45, 7) is 2.22. The third kappa shape index (κ3) is 3.24. The molecule has 1 N–H and O–H groups in total. The van der Waals surface area contributed by atoms with Crippen LogP contribution >= 0.6 is 0 Å². The van der Waals surface area contributed by atoms with Crippen molar-refractivity contribution in [2.24, 2.45) is 0 Å². The van der Waals surface area contributed by atoms with Crippen molar-refractivity contribution in [2.45, 2.75) is 32.2 Å². The van der Waals surface area contributed by atoms with Gasteiger partial charge in [-0.15, -0.1) is 0 Å². The van der Waals surface area contributed by atoms with Crippen LogP contribution in [-0.2, 0) is 0 Å². The smallest absolute Gasteiger partial charge is 0.123 e. The number of unbranched alkanes of at least 4 members (excludes halogenated alkanes) is 1. The molecule has 1 aromatic carbocycles. The normalized spacial score (nSPS) is 12.5. The number of hydrogen-bond donors (Lipinski definition) is 1. The molecular weight excluding hydrogens is 186 g/mol. The Kier molecular flexibility index (Phi) is 5.19. The lowest BCUT2D eigenvalue weighted by Gasteiger charge is -2.18. The minimum absolute atomic E-state index is 0.404. The molecule has 0 saturated carbocycles. The molecule has 84 valence electrons. The van der Waals surface area contributed by atoms with E-state index >= 15 is 0 Å². The number of para-hydroxylation sites is 1. The molecule has 0 spiro atoms. The first-order valence-corrected chi connectivity index (χ1v) is 5.63. The van der Waals surface area contributed by atoms with E-state index in [4.69, 9.17) is 4.74 Å². The summed E-state index contributed by atoms with van der Waals surface area (Å²) in [5.41, 5.74) is 1.26. The minimum Gasteiger partial charge on any atom is -0.496 e. The van der Waals surface area contributed by atoms with Crippen LogP contribution in [0.25, 0.3) is 0 Å². The molecule has 0 bridgehead atoms. The van der Waals surface area contributed by atoms with Gasteiger partial charge in [-0.25, -0.2) is 0 Å². The Bertz CT molecular complexity index is 286. The molecule has 1 unspecified atom stereocenters. The van der Waals surface area contributed by atoms with Gasteiger partial charge in [0.15, 0.2) is 0 Å². The number of hydrogen-bond acceptors (Lipinski definition) is 2. The zero-order valence-corrected chi connectivity index (χ0v) is 9.92. The summed E-state index contributed by atoms with van der Waals surface area (Å²) in [5.74, 6) is 0.980. The number of methoxy groups -OCH3 is 1. The van der Waals surface area contributed by atoms with Crippen molar-refractivity contribution < 1.29 is 4.74 Å². The fourth-order valence-electron chi connectivity index (χ4n) is 1.82. The van der Waals surface area contributed by atoms with E-state index in [0.29, 0.717) is 6.04 Å². The van der Waals surface area contributed by atoms with Gasteiger partial charge in [-0.1, -0.05) is 38.0 Å². The standard InChI is InChI=1S/C13H21NO/c1-4-5-9-12(14-2)11-8-6-7-10-13(11)15-3/h6-8,10,12,14H,4-5,9H2,1-3H3. The van der Waals surface area contributed by atoms with Crippen LogP contribution in [0.5, 0.6) is 5.75 Å². The molecule has 0 aliphatic heterocycles. The molecule has 0 aliphatic rings. The van der Waals surface area contributed by atoms with Crippen molar-refractivity contribution in [1.29, 1.82) is 0 Å². The quantitative estimate of drug-likeness (QED) is 0.773. The van der Waals surface area contributed by atoms with E-state index < -0.39 is 0 Å². The molecule has 1 aromatic rings. The van der Waals surface area contributed by atoms with E-state index in [1.54, 1.807) is 7.11 Å². The summed E-state index contributed by atoms with van der Waals surface area (Å²) in [6, 6.07) is 8.63. The maximum atomic E-state index is 5.37. The lowest BCUT2D eigenvalue weighted by Crippen LogP contribution is -2.17. The SMILES string of the molecule is CCCCC(NC)c1ccccc1OC. The maximum absolute atomic E-state index is 5.37. The van der Waals surface area contributed by atoms with Crippen LogP contribution in [-0.4, -0.2) is 14.2 Å². The lowest BCUT2D eigenvalue weighted by molar-refractivity contribution is 0.397. The van der Waals surface area contributed by atoms with Gasteiger partial charge in [0.05, 0.1) is 7.11 Å². The molecule has 0 amide bonds. The second-order valence-electron chi connectivity index (χ2n) is 3.73.